The fourth-order valence-corrected chi connectivity index (χ4v) is 2.10. The zero-order valence-electron chi connectivity index (χ0n) is 10.6. The number of hydrogen-bond donors (Lipinski definition) is 1. The van der Waals surface area contributed by atoms with Crippen LogP contribution in [0.4, 0.5) is 13.2 Å². The van der Waals surface area contributed by atoms with Crippen LogP contribution >= 0.6 is 0 Å². The molecule has 1 heterocycles. The van der Waals surface area contributed by atoms with Crippen LogP contribution in [0.1, 0.15) is 28.5 Å². The van der Waals surface area contributed by atoms with Crippen molar-refractivity contribution in [2.24, 2.45) is 0 Å². The van der Waals surface area contributed by atoms with Crippen molar-refractivity contribution in [1.29, 1.82) is 0 Å². The number of aromatic nitrogens is 1. The van der Waals surface area contributed by atoms with Crippen LogP contribution in [-0.4, -0.2) is 17.9 Å². The Labute approximate surface area is 107 Å². The lowest BCUT2D eigenvalue weighted by molar-refractivity contribution is -0.138. The standard InChI is InChI=1S/C13H12F3NO2/c1-6-8-4-11(19-3)9(13(14,15)16)5-10(8)17-12(6)7(2)18/h4-5,17H,1-3H3. The monoisotopic (exact) mass is 271 g/mol. The Balaban J connectivity index is 2.79. The van der Waals surface area contributed by atoms with Crippen LogP contribution < -0.4 is 4.74 Å². The summed E-state index contributed by atoms with van der Waals surface area (Å²) in [6.45, 7) is 3.04. The number of rotatable bonds is 2. The van der Waals surface area contributed by atoms with Gasteiger partial charge in [-0.1, -0.05) is 0 Å². The van der Waals surface area contributed by atoms with Gasteiger partial charge in [-0.25, -0.2) is 0 Å². The second-order valence-corrected chi connectivity index (χ2v) is 4.28. The van der Waals surface area contributed by atoms with E-state index in [-0.39, 0.29) is 17.0 Å². The Morgan fingerprint density at radius 1 is 1.32 bits per heavy atom. The molecule has 102 valence electrons. The molecule has 0 saturated carbocycles. The number of H-pyrrole nitrogens is 1. The van der Waals surface area contributed by atoms with Crippen LogP contribution in [0.15, 0.2) is 12.1 Å². The van der Waals surface area contributed by atoms with Crippen molar-refractivity contribution in [3.8, 4) is 5.75 Å². The summed E-state index contributed by atoms with van der Waals surface area (Å²) >= 11 is 0. The number of carbonyl (C=O) groups excluding carboxylic acids is 1. The minimum absolute atomic E-state index is 0.221. The van der Waals surface area contributed by atoms with Crippen molar-refractivity contribution in [2.45, 2.75) is 20.0 Å². The van der Waals surface area contributed by atoms with Gasteiger partial charge in [0.15, 0.2) is 5.78 Å². The Morgan fingerprint density at radius 3 is 2.42 bits per heavy atom. The maximum Gasteiger partial charge on any atom is 0.420 e. The quantitative estimate of drug-likeness (QED) is 0.846. The number of hydrogen-bond acceptors (Lipinski definition) is 2. The zero-order chi connectivity index (χ0) is 14.4. The van der Waals surface area contributed by atoms with E-state index in [1.54, 1.807) is 6.92 Å². The number of halogens is 3. The van der Waals surface area contributed by atoms with Gasteiger partial charge >= 0.3 is 6.18 Å². The third-order valence-electron chi connectivity index (χ3n) is 3.04. The van der Waals surface area contributed by atoms with E-state index in [1.165, 1.54) is 20.1 Å². The Morgan fingerprint density at radius 2 is 1.95 bits per heavy atom. The van der Waals surface area contributed by atoms with Crippen molar-refractivity contribution in [3.63, 3.8) is 0 Å². The van der Waals surface area contributed by atoms with E-state index < -0.39 is 11.7 Å². The number of alkyl halides is 3. The van der Waals surface area contributed by atoms with Crippen LogP contribution in [0, 0.1) is 6.92 Å². The van der Waals surface area contributed by atoms with Crippen molar-refractivity contribution >= 4 is 16.7 Å². The van der Waals surface area contributed by atoms with Gasteiger partial charge in [0.05, 0.1) is 18.4 Å². The van der Waals surface area contributed by atoms with E-state index in [4.69, 9.17) is 4.74 Å². The smallest absolute Gasteiger partial charge is 0.420 e. The third-order valence-corrected chi connectivity index (χ3v) is 3.04. The van der Waals surface area contributed by atoms with Gasteiger partial charge in [-0.05, 0) is 24.6 Å². The molecule has 2 rings (SSSR count). The maximum atomic E-state index is 12.9. The molecule has 0 atom stereocenters. The molecular formula is C13H12F3NO2. The molecule has 1 aromatic carbocycles. The van der Waals surface area contributed by atoms with Crippen LogP contribution in [0.25, 0.3) is 10.9 Å². The van der Waals surface area contributed by atoms with Crippen LogP contribution in [0.3, 0.4) is 0 Å². The molecule has 0 aliphatic heterocycles. The first kappa shape index (κ1) is 13.5. The topological polar surface area (TPSA) is 42.1 Å². The average molecular weight is 271 g/mol. The maximum absolute atomic E-state index is 12.9. The lowest BCUT2D eigenvalue weighted by Gasteiger charge is -2.12. The summed E-state index contributed by atoms with van der Waals surface area (Å²) in [6, 6.07) is 2.27. The normalized spacial score (nSPS) is 11.9. The van der Waals surface area contributed by atoms with Gasteiger partial charge in [-0.3, -0.25) is 4.79 Å². The third kappa shape index (κ3) is 2.18. The molecule has 2 aromatic rings. The second kappa shape index (κ2) is 4.29. The predicted octanol–water partition coefficient (Wildman–Crippen LogP) is 3.71. The van der Waals surface area contributed by atoms with Gasteiger partial charge in [-0.15, -0.1) is 0 Å². The van der Waals surface area contributed by atoms with Crippen molar-refractivity contribution in [3.05, 3.63) is 29.0 Å². The van der Waals surface area contributed by atoms with Gasteiger partial charge in [-0.2, -0.15) is 13.2 Å². The van der Waals surface area contributed by atoms with Gasteiger partial charge in [0.25, 0.3) is 0 Å². The molecule has 0 spiro atoms. The van der Waals surface area contributed by atoms with Crippen molar-refractivity contribution in [2.75, 3.05) is 7.11 Å². The highest BCUT2D eigenvalue weighted by Crippen LogP contribution is 2.39. The second-order valence-electron chi connectivity index (χ2n) is 4.28. The van der Waals surface area contributed by atoms with E-state index in [0.717, 1.165) is 6.07 Å². The SMILES string of the molecule is COc1cc2c(C)c(C(C)=O)[nH]c2cc1C(F)(F)F. The molecule has 0 aliphatic rings. The highest BCUT2D eigenvalue weighted by molar-refractivity contribution is 6.01. The van der Waals surface area contributed by atoms with Crippen molar-refractivity contribution < 1.29 is 22.7 Å². The van der Waals surface area contributed by atoms with Gasteiger partial charge < -0.3 is 9.72 Å². The lowest BCUT2D eigenvalue weighted by atomic mass is 10.1. The molecular weight excluding hydrogens is 259 g/mol. The van der Waals surface area contributed by atoms with E-state index in [0.29, 0.717) is 16.6 Å². The average Bonchev–Trinajstić information content (AvgIpc) is 2.64. The number of carbonyl (C=O) groups is 1. The molecule has 0 saturated heterocycles. The number of aromatic amines is 1. The largest absolute Gasteiger partial charge is 0.496 e. The Kier molecular flexibility index (Phi) is 3.04. The first-order chi connectivity index (χ1) is 8.75. The van der Waals surface area contributed by atoms with E-state index >= 15 is 0 Å². The highest BCUT2D eigenvalue weighted by atomic mass is 19.4. The molecule has 0 unspecified atom stereocenters. The molecule has 19 heavy (non-hydrogen) atoms. The predicted molar refractivity (Wildman–Crippen MR) is 64.6 cm³/mol. The highest BCUT2D eigenvalue weighted by Gasteiger charge is 2.35. The minimum atomic E-state index is -4.51. The lowest BCUT2D eigenvalue weighted by Crippen LogP contribution is -2.07. The molecule has 0 aliphatic carbocycles. The van der Waals surface area contributed by atoms with Crippen molar-refractivity contribution in [1.82, 2.24) is 4.98 Å². The van der Waals surface area contributed by atoms with Crippen LogP contribution in [0.5, 0.6) is 5.75 Å². The molecule has 0 radical (unpaired) electrons. The first-order valence-corrected chi connectivity index (χ1v) is 5.54. The number of ketones is 1. The number of ether oxygens (including phenoxy) is 1. The summed E-state index contributed by atoms with van der Waals surface area (Å²) in [5, 5.41) is 0.551. The Bertz CT molecular complexity index is 656. The van der Waals surface area contributed by atoms with E-state index in [9.17, 15) is 18.0 Å². The number of benzene rings is 1. The summed E-state index contributed by atoms with van der Waals surface area (Å²) in [4.78, 5) is 14.1. The van der Waals surface area contributed by atoms with E-state index in [2.05, 4.69) is 4.98 Å². The zero-order valence-corrected chi connectivity index (χ0v) is 10.6. The molecule has 6 heteroatoms. The fourth-order valence-electron chi connectivity index (χ4n) is 2.10. The van der Waals surface area contributed by atoms with E-state index in [1.807, 2.05) is 0 Å². The number of methoxy groups -OCH3 is 1. The van der Waals surface area contributed by atoms with Crippen LogP contribution in [0.2, 0.25) is 0 Å². The number of nitrogens with one attached hydrogen (secondary N) is 1. The number of aryl methyl sites for hydroxylation is 1. The van der Waals surface area contributed by atoms with Gasteiger partial charge in [0, 0.05) is 17.8 Å². The summed E-state index contributed by atoms with van der Waals surface area (Å²) in [5.41, 5.74) is 0.348. The number of Topliss-reactive ketones (excluding diaryl/α,β-unsaturated/α-hetero) is 1. The summed E-state index contributed by atoms with van der Waals surface area (Å²) in [5.74, 6) is -0.474. The van der Waals surface area contributed by atoms with Gasteiger partial charge in [0.2, 0.25) is 0 Å². The molecule has 0 fully saturated rings. The summed E-state index contributed by atoms with van der Waals surface area (Å²) in [6.07, 6.45) is -4.51. The fraction of sp³-hybridized carbons (Fsp3) is 0.308. The Hall–Kier alpha value is -1.98. The molecule has 3 nitrogen and oxygen atoms in total. The first-order valence-electron chi connectivity index (χ1n) is 5.54. The minimum Gasteiger partial charge on any atom is -0.496 e. The van der Waals surface area contributed by atoms with Gasteiger partial charge in [0.1, 0.15) is 5.75 Å². The summed E-state index contributed by atoms with van der Waals surface area (Å²) < 4.78 is 43.4. The molecule has 1 aromatic heterocycles. The molecule has 0 amide bonds. The molecule has 0 bridgehead atoms. The molecule has 1 N–H and O–H groups in total. The number of fused-ring (bicyclic) bond motifs is 1. The van der Waals surface area contributed by atoms with Crippen LogP contribution in [-0.2, 0) is 6.18 Å². The summed E-state index contributed by atoms with van der Waals surface area (Å²) in [7, 11) is 1.18.